The van der Waals surface area contributed by atoms with Gasteiger partial charge < -0.3 is 10.4 Å². The highest BCUT2D eigenvalue weighted by atomic mass is 35.5. The molecule has 0 aromatic rings. The predicted molar refractivity (Wildman–Crippen MR) is 39.9 cm³/mol. The van der Waals surface area contributed by atoms with E-state index in [-0.39, 0.29) is 19.0 Å². The van der Waals surface area contributed by atoms with Crippen molar-refractivity contribution in [2.45, 2.75) is 12.5 Å². The van der Waals surface area contributed by atoms with Gasteiger partial charge in [-0.3, -0.25) is 0 Å². The Morgan fingerprint density at radius 2 is 2.33 bits per heavy atom. The summed E-state index contributed by atoms with van der Waals surface area (Å²) in [5.41, 5.74) is 0. The van der Waals surface area contributed by atoms with E-state index >= 15 is 0 Å². The molecule has 0 aromatic carbocycles. The number of hydrogen-bond acceptors (Lipinski definition) is 2. The van der Waals surface area contributed by atoms with E-state index in [9.17, 15) is 0 Å². The molecule has 0 fully saturated rings. The third-order valence-electron chi connectivity index (χ3n) is 1.33. The second-order valence-corrected chi connectivity index (χ2v) is 1.99. The Morgan fingerprint density at radius 3 is 2.67 bits per heavy atom. The molecular weight excluding hydrogens is 138 g/mol. The Labute approximate surface area is 61.4 Å². The summed E-state index contributed by atoms with van der Waals surface area (Å²) in [4.78, 5) is 0. The van der Waals surface area contributed by atoms with Gasteiger partial charge in [0, 0.05) is 12.6 Å². The molecule has 0 radical (unpaired) electrons. The van der Waals surface area contributed by atoms with E-state index in [4.69, 9.17) is 5.11 Å². The van der Waals surface area contributed by atoms with E-state index in [2.05, 4.69) is 17.5 Å². The van der Waals surface area contributed by atoms with Gasteiger partial charge in [-0.25, -0.2) is 0 Å². The van der Waals surface area contributed by atoms with Gasteiger partial charge in [-0.1, -0.05) is 12.2 Å². The molecule has 1 atom stereocenters. The van der Waals surface area contributed by atoms with Crippen LogP contribution in [0.5, 0.6) is 0 Å². The van der Waals surface area contributed by atoms with Gasteiger partial charge in [-0.05, 0) is 6.42 Å². The van der Waals surface area contributed by atoms with Crippen LogP contribution in [-0.4, -0.2) is 24.3 Å². The maximum Gasteiger partial charge on any atom is 0.0587 e. The van der Waals surface area contributed by atoms with Crippen LogP contribution < -0.4 is 5.32 Å². The number of aliphatic hydroxyl groups excluding tert-OH is 1. The molecule has 1 rings (SSSR count). The summed E-state index contributed by atoms with van der Waals surface area (Å²) in [6, 6.07) is 0.306. The van der Waals surface area contributed by atoms with Crippen LogP contribution in [0.1, 0.15) is 6.42 Å². The fraction of sp³-hybridized carbons (Fsp3) is 0.667. The van der Waals surface area contributed by atoms with Crippen LogP contribution in [0, 0.1) is 0 Å². The first-order valence-electron chi connectivity index (χ1n) is 2.92. The number of rotatable bonds is 1. The number of aliphatic hydroxyl groups is 1. The smallest absolute Gasteiger partial charge is 0.0587 e. The molecule has 0 aromatic heterocycles. The molecule has 54 valence electrons. The molecule has 0 amide bonds. The second kappa shape index (κ2) is 4.79. The number of nitrogens with one attached hydrogen (secondary N) is 1. The van der Waals surface area contributed by atoms with Gasteiger partial charge in [0.05, 0.1) is 6.61 Å². The first-order chi connectivity index (χ1) is 3.93. The Morgan fingerprint density at radius 1 is 1.56 bits per heavy atom. The van der Waals surface area contributed by atoms with Crippen molar-refractivity contribution in [3.63, 3.8) is 0 Å². The van der Waals surface area contributed by atoms with E-state index in [1.54, 1.807) is 0 Å². The average Bonchev–Trinajstić information content (AvgIpc) is 1.90. The first-order valence-corrected chi connectivity index (χ1v) is 2.92. The lowest BCUT2D eigenvalue weighted by atomic mass is 10.1. The van der Waals surface area contributed by atoms with Crippen molar-refractivity contribution >= 4 is 12.4 Å². The van der Waals surface area contributed by atoms with Gasteiger partial charge in [0.15, 0.2) is 0 Å². The number of halogens is 1. The van der Waals surface area contributed by atoms with Gasteiger partial charge >= 0.3 is 0 Å². The first kappa shape index (κ1) is 8.95. The summed E-state index contributed by atoms with van der Waals surface area (Å²) in [7, 11) is 0. The Balaban J connectivity index is 0.000000640. The topological polar surface area (TPSA) is 32.3 Å². The maximum atomic E-state index is 8.59. The zero-order chi connectivity index (χ0) is 5.82. The van der Waals surface area contributed by atoms with Gasteiger partial charge in [-0.2, -0.15) is 0 Å². The molecule has 1 unspecified atom stereocenters. The van der Waals surface area contributed by atoms with Gasteiger partial charge in [0.25, 0.3) is 0 Å². The third-order valence-corrected chi connectivity index (χ3v) is 1.33. The molecule has 1 aliphatic heterocycles. The Kier molecular flexibility index (Phi) is 4.77. The van der Waals surface area contributed by atoms with Crippen molar-refractivity contribution < 1.29 is 5.11 Å². The molecule has 1 heterocycles. The largest absolute Gasteiger partial charge is 0.395 e. The van der Waals surface area contributed by atoms with Crippen LogP contribution in [0.15, 0.2) is 12.2 Å². The summed E-state index contributed by atoms with van der Waals surface area (Å²) in [5, 5.41) is 11.7. The van der Waals surface area contributed by atoms with E-state index in [1.165, 1.54) is 0 Å². The van der Waals surface area contributed by atoms with E-state index in [1.807, 2.05) is 0 Å². The summed E-state index contributed by atoms with van der Waals surface area (Å²) in [6.45, 7) is 1.16. The SMILES string of the molecule is Cl.OCC1CC=CCN1. The minimum absolute atomic E-state index is 0. The molecular formula is C6H12ClNO. The molecule has 1 aliphatic rings. The van der Waals surface area contributed by atoms with Crippen molar-refractivity contribution in [1.29, 1.82) is 0 Å². The van der Waals surface area contributed by atoms with E-state index in [0.717, 1.165) is 13.0 Å². The van der Waals surface area contributed by atoms with Crippen LogP contribution in [-0.2, 0) is 0 Å². The average molecular weight is 150 g/mol. The minimum atomic E-state index is 0. The van der Waals surface area contributed by atoms with E-state index in [0.29, 0.717) is 6.04 Å². The summed E-state index contributed by atoms with van der Waals surface area (Å²) < 4.78 is 0. The standard InChI is InChI=1S/C6H11NO.ClH/c8-5-6-3-1-2-4-7-6;/h1-2,6-8H,3-5H2;1H. The lowest BCUT2D eigenvalue weighted by Gasteiger charge is -2.15. The second-order valence-electron chi connectivity index (χ2n) is 1.99. The van der Waals surface area contributed by atoms with Gasteiger partial charge in [-0.15, -0.1) is 12.4 Å². The van der Waals surface area contributed by atoms with Gasteiger partial charge in [0.2, 0.25) is 0 Å². The fourth-order valence-corrected chi connectivity index (χ4v) is 0.801. The van der Waals surface area contributed by atoms with Crippen LogP contribution in [0.3, 0.4) is 0 Å². The molecule has 0 saturated heterocycles. The molecule has 2 nitrogen and oxygen atoms in total. The zero-order valence-electron chi connectivity index (χ0n) is 5.21. The van der Waals surface area contributed by atoms with E-state index < -0.39 is 0 Å². The maximum absolute atomic E-state index is 8.59. The summed E-state index contributed by atoms with van der Waals surface area (Å²) in [5.74, 6) is 0. The van der Waals surface area contributed by atoms with Crippen molar-refractivity contribution in [1.82, 2.24) is 5.32 Å². The van der Waals surface area contributed by atoms with Crippen LogP contribution in [0.2, 0.25) is 0 Å². The van der Waals surface area contributed by atoms with Gasteiger partial charge in [0.1, 0.15) is 0 Å². The Hall–Kier alpha value is -0.0500. The third kappa shape index (κ3) is 2.84. The van der Waals surface area contributed by atoms with Crippen LogP contribution in [0.4, 0.5) is 0 Å². The molecule has 0 spiro atoms. The summed E-state index contributed by atoms with van der Waals surface area (Å²) >= 11 is 0. The lowest BCUT2D eigenvalue weighted by Crippen LogP contribution is -2.34. The quantitative estimate of drug-likeness (QED) is 0.527. The fourth-order valence-electron chi connectivity index (χ4n) is 0.801. The molecule has 0 bridgehead atoms. The van der Waals surface area contributed by atoms with Crippen LogP contribution >= 0.6 is 12.4 Å². The molecule has 0 saturated carbocycles. The predicted octanol–water partition coefficient (Wildman–Crippen LogP) is 0.319. The summed E-state index contributed by atoms with van der Waals surface area (Å²) in [6.07, 6.45) is 5.14. The van der Waals surface area contributed by atoms with Crippen molar-refractivity contribution in [3.05, 3.63) is 12.2 Å². The highest BCUT2D eigenvalue weighted by molar-refractivity contribution is 5.85. The Bertz CT molecular complexity index is 95.1. The minimum Gasteiger partial charge on any atom is -0.395 e. The molecule has 0 aliphatic carbocycles. The lowest BCUT2D eigenvalue weighted by molar-refractivity contribution is 0.244. The van der Waals surface area contributed by atoms with Crippen LogP contribution in [0.25, 0.3) is 0 Å². The van der Waals surface area contributed by atoms with Crippen molar-refractivity contribution in [3.8, 4) is 0 Å². The monoisotopic (exact) mass is 149 g/mol. The molecule has 9 heavy (non-hydrogen) atoms. The molecule has 2 N–H and O–H groups in total. The zero-order valence-corrected chi connectivity index (χ0v) is 6.03. The highest BCUT2D eigenvalue weighted by Gasteiger charge is 2.04. The number of hydrogen-bond donors (Lipinski definition) is 2. The van der Waals surface area contributed by atoms with Crippen molar-refractivity contribution in [2.75, 3.05) is 13.2 Å². The normalized spacial score (nSPS) is 25.2. The highest BCUT2D eigenvalue weighted by Crippen LogP contribution is 1.96. The van der Waals surface area contributed by atoms with Crippen molar-refractivity contribution in [2.24, 2.45) is 0 Å². The molecule has 3 heteroatoms.